The molecule has 0 bridgehead atoms. The number of amides is 2. The van der Waals surface area contributed by atoms with E-state index in [1.54, 1.807) is 26.0 Å². The molecule has 0 saturated heterocycles. The molecule has 0 radical (unpaired) electrons. The highest BCUT2D eigenvalue weighted by molar-refractivity contribution is 9.10. The molecule has 0 atom stereocenters. The Balaban J connectivity index is 1.96. The van der Waals surface area contributed by atoms with E-state index >= 15 is 0 Å². The van der Waals surface area contributed by atoms with Crippen LogP contribution in [0.2, 0.25) is 0 Å². The van der Waals surface area contributed by atoms with Crippen LogP contribution < -0.4 is 10.9 Å². The second-order valence-electron chi connectivity index (χ2n) is 5.54. The Morgan fingerprint density at radius 1 is 1.04 bits per heavy atom. The second-order valence-corrected chi connectivity index (χ2v) is 6.33. The van der Waals surface area contributed by atoms with Gasteiger partial charge in [-0.2, -0.15) is 0 Å². The molecule has 2 aromatic rings. The zero-order valence-electron chi connectivity index (χ0n) is 14.7. The molecule has 0 aliphatic heterocycles. The van der Waals surface area contributed by atoms with Gasteiger partial charge in [0.25, 0.3) is 5.91 Å². The molecule has 0 saturated carbocycles. The number of halogens is 1. The summed E-state index contributed by atoms with van der Waals surface area (Å²) in [6.45, 7) is 9.97. The second kappa shape index (κ2) is 8.35. The third-order valence-electron chi connectivity index (χ3n) is 3.86. The third kappa shape index (κ3) is 4.52. The largest absolute Gasteiger partial charge is 0.465 e. The van der Waals surface area contributed by atoms with Crippen molar-refractivity contribution in [2.24, 2.45) is 0 Å². The fraction of sp³-hybridized carbons (Fsp3) is 0.412. The molecule has 2 heterocycles. The number of hydrazine groups is 1. The molecule has 7 nitrogen and oxygen atoms in total. The summed E-state index contributed by atoms with van der Waals surface area (Å²) in [5.74, 6) is 0.917. The summed E-state index contributed by atoms with van der Waals surface area (Å²) in [6.07, 6.45) is 0. The van der Waals surface area contributed by atoms with Crippen molar-refractivity contribution >= 4 is 27.7 Å². The molecule has 25 heavy (non-hydrogen) atoms. The molecule has 2 N–H and O–H groups in total. The summed E-state index contributed by atoms with van der Waals surface area (Å²) in [6, 6.07) is 3.35. The minimum absolute atomic E-state index is 0.140. The SMILES string of the molecule is CCN(CC)Cc1ccc(C(=O)NNC(=O)c2c(C)oc(C)c2Br)o1. The van der Waals surface area contributed by atoms with Crippen LogP contribution in [0, 0.1) is 13.8 Å². The topological polar surface area (TPSA) is 87.7 Å². The number of nitrogens with zero attached hydrogens (tertiary/aromatic N) is 1. The Hall–Kier alpha value is -2.06. The van der Waals surface area contributed by atoms with Crippen molar-refractivity contribution in [1.29, 1.82) is 0 Å². The highest BCUT2D eigenvalue weighted by Crippen LogP contribution is 2.26. The predicted octanol–water partition coefficient (Wildman–Crippen LogP) is 3.17. The van der Waals surface area contributed by atoms with Crippen LogP contribution in [0.1, 0.15) is 52.0 Å². The van der Waals surface area contributed by atoms with E-state index in [2.05, 4.69) is 45.5 Å². The maximum atomic E-state index is 12.2. The van der Waals surface area contributed by atoms with Gasteiger partial charge in [0.15, 0.2) is 5.76 Å². The van der Waals surface area contributed by atoms with E-state index in [4.69, 9.17) is 8.83 Å². The van der Waals surface area contributed by atoms with Crippen molar-refractivity contribution in [3.8, 4) is 0 Å². The lowest BCUT2D eigenvalue weighted by molar-refractivity contribution is 0.0827. The molecular formula is C17H22BrN3O4. The number of carbonyl (C=O) groups is 2. The van der Waals surface area contributed by atoms with E-state index in [1.807, 2.05) is 0 Å². The van der Waals surface area contributed by atoms with Gasteiger partial charge in [-0.1, -0.05) is 13.8 Å². The Morgan fingerprint density at radius 3 is 2.24 bits per heavy atom. The van der Waals surface area contributed by atoms with E-state index in [-0.39, 0.29) is 5.76 Å². The van der Waals surface area contributed by atoms with Crippen molar-refractivity contribution in [2.75, 3.05) is 13.1 Å². The summed E-state index contributed by atoms with van der Waals surface area (Å²) in [7, 11) is 0. The Kier molecular flexibility index (Phi) is 6.44. The van der Waals surface area contributed by atoms with E-state index in [0.717, 1.165) is 13.1 Å². The van der Waals surface area contributed by atoms with Crippen molar-refractivity contribution in [2.45, 2.75) is 34.2 Å². The first-order chi connectivity index (χ1) is 11.9. The molecule has 0 fully saturated rings. The van der Waals surface area contributed by atoms with Gasteiger partial charge in [0, 0.05) is 0 Å². The van der Waals surface area contributed by atoms with Gasteiger partial charge >= 0.3 is 5.91 Å². The molecule has 0 aliphatic carbocycles. The maximum Gasteiger partial charge on any atom is 0.305 e. The van der Waals surface area contributed by atoms with Crippen LogP contribution in [0.5, 0.6) is 0 Å². The Labute approximate surface area is 154 Å². The first kappa shape index (κ1) is 19.3. The van der Waals surface area contributed by atoms with Gasteiger partial charge in [0.1, 0.15) is 17.3 Å². The number of carbonyl (C=O) groups excluding carboxylic acids is 2. The molecule has 2 aromatic heterocycles. The van der Waals surface area contributed by atoms with Crippen LogP contribution in [-0.2, 0) is 6.54 Å². The molecule has 8 heteroatoms. The van der Waals surface area contributed by atoms with Gasteiger partial charge in [0.05, 0.1) is 16.6 Å². The van der Waals surface area contributed by atoms with Gasteiger partial charge in [-0.3, -0.25) is 25.3 Å². The number of rotatable bonds is 6. The van der Waals surface area contributed by atoms with Crippen LogP contribution in [-0.4, -0.2) is 29.8 Å². The summed E-state index contributed by atoms with van der Waals surface area (Å²) >= 11 is 3.30. The van der Waals surface area contributed by atoms with Gasteiger partial charge in [-0.15, -0.1) is 0 Å². The standard InChI is InChI=1S/C17H22BrN3O4/c1-5-21(6-2)9-12-7-8-13(25-12)16(22)19-20-17(23)14-10(3)24-11(4)15(14)18/h7-8H,5-6,9H2,1-4H3,(H,19,22)(H,20,23). The van der Waals surface area contributed by atoms with Crippen molar-refractivity contribution in [1.82, 2.24) is 15.8 Å². The lowest BCUT2D eigenvalue weighted by Gasteiger charge is -2.15. The van der Waals surface area contributed by atoms with Gasteiger partial charge in [-0.25, -0.2) is 0 Å². The number of hydrogen-bond acceptors (Lipinski definition) is 5. The third-order valence-corrected chi connectivity index (χ3v) is 4.82. The predicted molar refractivity (Wildman–Crippen MR) is 96.1 cm³/mol. The molecule has 2 rings (SSSR count). The molecule has 0 unspecified atom stereocenters. The maximum absolute atomic E-state index is 12.2. The molecule has 0 aromatic carbocycles. The summed E-state index contributed by atoms with van der Waals surface area (Å²) in [4.78, 5) is 26.5. The highest BCUT2D eigenvalue weighted by Gasteiger charge is 2.21. The van der Waals surface area contributed by atoms with Crippen molar-refractivity contribution < 1.29 is 18.4 Å². The number of aryl methyl sites for hydroxylation is 2. The fourth-order valence-electron chi connectivity index (χ4n) is 2.41. The number of furan rings is 2. The van der Waals surface area contributed by atoms with Crippen LogP contribution in [0.25, 0.3) is 0 Å². The van der Waals surface area contributed by atoms with Gasteiger partial charge in [0.2, 0.25) is 0 Å². The van der Waals surface area contributed by atoms with Crippen molar-refractivity contribution in [3.05, 3.63) is 45.2 Å². The van der Waals surface area contributed by atoms with Crippen LogP contribution in [0.15, 0.2) is 25.4 Å². The zero-order chi connectivity index (χ0) is 18.6. The Bertz CT molecular complexity index is 762. The molecule has 0 aliphatic rings. The Morgan fingerprint density at radius 2 is 1.68 bits per heavy atom. The van der Waals surface area contributed by atoms with E-state index in [1.165, 1.54) is 0 Å². The molecule has 2 amide bonds. The first-order valence-electron chi connectivity index (χ1n) is 8.04. The molecule has 136 valence electrons. The molecular weight excluding hydrogens is 390 g/mol. The fourth-order valence-corrected chi connectivity index (χ4v) is 2.95. The minimum atomic E-state index is -0.520. The van der Waals surface area contributed by atoms with Crippen LogP contribution in [0.4, 0.5) is 0 Å². The average Bonchev–Trinajstić information content (AvgIpc) is 3.15. The lowest BCUT2D eigenvalue weighted by atomic mass is 10.2. The number of nitrogens with one attached hydrogen (secondary N) is 2. The van der Waals surface area contributed by atoms with Crippen LogP contribution >= 0.6 is 15.9 Å². The monoisotopic (exact) mass is 411 g/mol. The summed E-state index contributed by atoms with van der Waals surface area (Å²) in [5.41, 5.74) is 5.06. The molecule has 0 spiro atoms. The average molecular weight is 412 g/mol. The quantitative estimate of drug-likeness (QED) is 0.712. The van der Waals surface area contributed by atoms with E-state index < -0.39 is 11.8 Å². The normalized spacial score (nSPS) is 11.0. The summed E-state index contributed by atoms with van der Waals surface area (Å²) in [5, 5.41) is 0. The van der Waals surface area contributed by atoms with E-state index in [0.29, 0.717) is 33.9 Å². The van der Waals surface area contributed by atoms with Crippen molar-refractivity contribution in [3.63, 3.8) is 0 Å². The summed E-state index contributed by atoms with van der Waals surface area (Å²) < 4.78 is 11.5. The van der Waals surface area contributed by atoms with Crippen LogP contribution in [0.3, 0.4) is 0 Å². The number of hydrogen-bond donors (Lipinski definition) is 2. The van der Waals surface area contributed by atoms with E-state index in [9.17, 15) is 9.59 Å². The van der Waals surface area contributed by atoms with Gasteiger partial charge in [-0.05, 0) is 55.0 Å². The minimum Gasteiger partial charge on any atom is -0.465 e. The van der Waals surface area contributed by atoms with Gasteiger partial charge < -0.3 is 8.83 Å². The highest BCUT2D eigenvalue weighted by atomic mass is 79.9. The smallest absolute Gasteiger partial charge is 0.305 e. The first-order valence-corrected chi connectivity index (χ1v) is 8.83. The zero-order valence-corrected chi connectivity index (χ0v) is 16.3. The lowest BCUT2D eigenvalue weighted by Crippen LogP contribution is -2.41.